The predicted octanol–water partition coefficient (Wildman–Crippen LogP) is 4.69. The first kappa shape index (κ1) is 14.4. The van der Waals surface area contributed by atoms with Crippen LogP contribution in [0.2, 0.25) is 0 Å². The molecule has 0 aromatic heterocycles. The molecule has 0 saturated heterocycles. The number of hydrogen-bond donors (Lipinski definition) is 0. The monoisotopic (exact) mass is 300 g/mol. The van der Waals surface area contributed by atoms with E-state index in [0.29, 0.717) is 12.5 Å². The molecule has 0 radical (unpaired) electrons. The van der Waals surface area contributed by atoms with Crippen molar-refractivity contribution in [1.82, 2.24) is 0 Å². The van der Waals surface area contributed by atoms with Crippen LogP contribution in [0.4, 0.5) is 8.78 Å². The highest BCUT2D eigenvalue weighted by Crippen LogP contribution is 2.26. The van der Waals surface area contributed by atoms with Crippen molar-refractivity contribution in [1.29, 1.82) is 0 Å². The number of benzene rings is 3. The molecule has 0 aliphatic carbocycles. The number of fused-ring (bicyclic) bond motifs is 2. The van der Waals surface area contributed by atoms with Crippen molar-refractivity contribution in [3.8, 4) is 0 Å². The maximum Gasteiger partial charge on any atom is 0.376 e. The van der Waals surface area contributed by atoms with Gasteiger partial charge in [-0.15, -0.1) is 0 Å². The summed E-state index contributed by atoms with van der Waals surface area (Å²) in [5.74, 6) is -4.98. The summed E-state index contributed by atoms with van der Waals surface area (Å²) >= 11 is 0. The lowest BCUT2D eigenvalue weighted by Crippen LogP contribution is -2.26. The van der Waals surface area contributed by atoms with Crippen LogP contribution >= 0.6 is 0 Å². The van der Waals surface area contributed by atoms with Gasteiger partial charge in [-0.3, -0.25) is 0 Å². The molecule has 0 bridgehead atoms. The van der Waals surface area contributed by atoms with E-state index >= 15 is 0 Å². The lowest BCUT2D eigenvalue weighted by Gasteiger charge is -2.12. The van der Waals surface area contributed by atoms with E-state index in [9.17, 15) is 13.6 Å². The Morgan fingerprint density at radius 1 is 1.00 bits per heavy atom. The van der Waals surface area contributed by atoms with Gasteiger partial charge >= 0.3 is 11.9 Å². The minimum absolute atomic E-state index is 0.169. The highest BCUT2D eigenvalue weighted by molar-refractivity contribution is 5.99. The topological polar surface area (TPSA) is 26.3 Å². The zero-order valence-electron chi connectivity index (χ0n) is 12.0. The number of hydrogen-bond acceptors (Lipinski definition) is 2. The number of carbonyl (C=O) groups is 1. The maximum atomic E-state index is 12.9. The molecule has 0 saturated carbocycles. The molecule has 22 heavy (non-hydrogen) atoms. The summed E-state index contributed by atoms with van der Waals surface area (Å²) in [5, 5.41) is 4.03. The van der Waals surface area contributed by atoms with Crippen LogP contribution in [0, 0.1) is 0 Å². The minimum atomic E-state index is -3.47. The summed E-state index contributed by atoms with van der Waals surface area (Å²) in [6, 6.07) is 17.5. The molecule has 4 heteroatoms. The minimum Gasteiger partial charge on any atom is -0.456 e. The third kappa shape index (κ3) is 2.77. The summed E-state index contributed by atoms with van der Waals surface area (Å²) in [5.41, 5.74) is 0.709. The number of ether oxygens (including phenoxy) is 1. The first-order valence-corrected chi connectivity index (χ1v) is 6.90. The predicted molar refractivity (Wildman–Crippen MR) is 81.9 cm³/mol. The molecule has 0 amide bonds. The maximum absolute atomic E-state index is 12.9. The second kappa shape index (κ2) is 5.37. The Morgan fingerprint density at radius 2 is 1.64 bits per heavy atom. The van der Waals surface area contributed by atoms with Crippen molar-refractivity contribution >= 4 is 27.5 Å². The van der Waals surface area contributed by atoms with Crippen LogP contribution in [-0.2, 0) is 16.1 Å². The summed E-state index contributed by atoms with van der Waals surface area (Å²) in [7, 11) is 0. The molecule has 0 fully saturated rings. The molecule has 0 spiro atoms. The molecular formula is C18H14F2O2. The third-order valence-electron chi connectivity index (χ3n) is 3.55. The fraction of sp³-hybridized carbons (Fsp3) is 0.167. The molecule has 112 valence electrons. The Balaban J connectivity index is 1.99. The zero-order valence-corrected chi connectivity index (χ0v) is 12.0. The molecule has 0 aliphatic heterocycles. The fourth-order valence-electron chi connectivity index (χ4n) is 2.43. The van der Waals surface area contributed by atoms with E-state index < -0.39 is 11.9 Å². The van der Waals surface area contributed by atoms with Crippen LogP contribution in [0.3, 0.4) is 0 Å². The smallest absolute Gasteiger partial charge is 0.376 e. The molecule has 0 atom stereocenters. The van der Waals surface area contributed by atoms with Crippen molar-refractivity contribution in [2.75, 3.05) is 0 Å². The van der Waals surface area contributed by atoms with E-state index in [0.717, 1.165) is 21.5 Å². The third-order valence-corrected chi connectivity index (χ3v) is 3.55. The molecule has 3 aromatic rings. The SMILES string of the molecule is CC(F)(F)C(=O)OCc1cccc2cc3ccccc3cc12. The average molecular weight is 300 g/mol. The lowest BCUT2D eigenvalue weighted by molar-refractivity contribution is -0.170. The van der Waals surface area contributed by atoms with Gasteiger partial charge < -0.3 is 4.74 Å². The van der Waals surface area contributed by atoms with Gasteiger partial charge in [-0.05, 0) is 39.2 Å². The Morgan fingerprint density at radius 3 is 2.32 bits per heavy atom. The highest BCUT2D eigenvalue weighted by Gasteiger charge is 2.34. The van der Waals surface area contributed by atoms with Crippen LogP contribution < -0.4 is 0 Å². The molecule has 0 heterocycles. The van der Waals surface area contributed by atoms with Gasteiger partial charge in [0.05, 0.1) is 0 Å². The van der Waals surface area contributed by atoms with Crippen molar-refractivity contribution < 1.29 is 18.3 Å². The van der Waals surface area contributed by atoms with Crippen LogP contribution in [0.15, 0.2) is 54.6 Å². The van der Waals surface area contributed by atoms with Crippen LogP contribution in [-0.4, -0.2) is 11.9 Å². The van der Waals surface area contributed by atoms with E-state index in [4.69, 9.17) is 4.74 Å². The first-order valence-electron chi connectivity index (χ1n) is 6.90. The second-order valence-electron chi connectivity index (χ2n) is 5.30. The van der Waals surface area contributed by atoms with E-state index in [1.165, 1.54) is 0 Å². The van der Waals surface area contributed by atoms with Gasteiger partial charge in [0.15, 0.2) is 0 Å². The van der Waals surface area contributed by atoms with Crippen molar-refractivity contribution in [3.05, 3.63) is 60.2 Å². The van der Waals surface area contributed by atoms with Gasteiger partial charge in [0, 0.05) is 6.92 Å². The molecular weight excluding hydrogens is 286 g/mol. The van der Waals surface area contributed by atoms with Gasteiger partial charge in [0.25, 0.3) is 0 Å². The molecule has 3 rings (SSSR count). The Bertz CT molecular complexity index is 850. The van der Waals surface area contributed by atoms with E-state index in [-0.39, 0.29) is 6.61 Å². The Labute approximate surface area is 126 Å². The zero-order chi connectivity index (χ0) is 15.7. The summed E-state index contributed by atoms with van der Waals surface area (Å²) in [6.45, 7) is 0.365. The Hall–Kier alpha value is -2.49. The quantitative estimate of drug-likeness (QED) is 0.518. The van der Waals surface area contributed by atoms with Gasteiger partial charge in [-0.2, -0.15) is 8.78 Å². The van der Waals surface area contributed by atoms with Crippen LogP contribution in [0.25, 0.3) is 21.5 Å². The number of alkyl halides is 2. The van der Waals surface area contributed by atoms with E-state index in [1.54, 1.807) is 6.07 Å². The van der Waals surface area contributed by atoms with Crippen LogP contribution in [0.1, 0.15) is 12.5 Å². The molecule has 3 aromatic carbocycles. The van der Waals surface area contributed by atoms with Gasteiger partial charge in [0.1, 0.15) is 6.61 Å². The van der Waals surface area contributed by atoms with E-state index in [1.807, 2.05) is 48.5 Å². The Kier molecular flexibility index (Phi) is 3.53. The van der Waals surface area contributed by atoms with Gasteiger partial charge in [0.2, 0.25) is 0 Å². The van der Waals surface area contributed by atoms with Crippen LogP contribution in [0.5, 0.6) is 0 Å². The number of rotatable bonds is 3. The molecule has 0 unspecified atom stereocenters. The normalized spacial score (nSPS) is 11.8. The average Bonchev–Trinajstić information content (AvgIpc) is 2.49. The highest BCUT2D eigenvalue weighted by atomic mass is 19.3. The van der Waals surface area contributed by atoms with E-state index in [2.05, 4.69) is 0 Å². The van der Waals surface area contributed by atoms with Crippen molar-refractivity contribution in [2.45, 2.75) is 19.5 Å². The first-order chi connectivity index (χ1) is 10.4. The van der Waals surface area contributed by atoms with Gasteiger partial charge in [-0.1, -0.05) is 42.5 Å². The molecule has 0 N–H and O–H groups in total. The largest absolute Gasteiger partial charge is 0.456 e. The van der Waals surface area contributed by atoms with Crippen molar-refractivity contribution in [2.24, 2.45) is 0 Å². The standard InChI is InChI=1S/C18H14F2O2/c1-18(19,20)17(21)22-11-15-8-4-7-14-9-12-5-2-3-6-13(12)10-16(14)15/h2-10H,11H2,1H3. The van der Waals surface area contributed by atoms with Gasteiger partial charge in [-0.25, -0.2) is 4.79 Å². The second-order valence-corrected chi connectivity index (χ2v) is 5.30. The number of carbonyl (C=O) groups excluding carboxylic acids is 1. The molecule has 2 nitrogen and oxygen atoms in total. The summed E-state index contributed by atoms with van der Waals surface area (Å²) in [4.78, 5) is 11.2. The fourth-order valence-corrected chi connectivity index (χ4v) is 2.43. The van der Waals surface area contributed by atoms with Crippen molar-refractivity contribution in [3.63, 3.8) is 0 Å². The lowest BCUT2D eigenvalue weighted by atomic mass is 10.00. The number of halogens is 2. The molecule has 0 aliphatic rings. The number of esters is 1. The summed E-state index contributed by atoms with van der Waals surface area (Å²) in [6.07, 6.45) is 0. The summed E-state index contributed by atoms with van der Waals surface area (Å²) < 4.78 is 30.5.